The van der Waals surface area contributed by atoms with Crippen LogP contribution >= 0.6 is 0 Å². The molecular weight excluding hydrogens is 330 g/mol. The molecule has 1 aromatic heterocycles. The van der Waals surface area contributed by atoms with E-state index in [1.54, 1.807) is 6.92 Å². The molecule has 0 unspecified atom stereocenters. The van der Waals surface area contributed by atoms with Gasteiger partial charge in [-0.1, -0.05) is 18.2 Å². The molecule has 6 heteroatoms. The molecule has 1 atom stereocenters. The zero-order valence-electron chi connectivity index (χ0n) is 16.3. The smallest absolute Gasteiger partial charge is 0.311 e. The molecule has 0 aliphatic carbocycles. The lowest BCUT2D eigenvalue weighted by atomic mass is 10.1. The zero-order chi connectivity index (χ0) is 19.5. The maximum Gasteiger partial charge on any atom is 0.311 e. The van der Waals surface area contributed by atoms with Crippen molar-refractivity contribution >= 4 is 11.9 Å². The van der Waals surface area contributed by atoms with E-state index in [9.17, 15) is 9.59 Å². The van der Waals surface area contributed by atoms with E-state index in [0.717, 1.165) is 22.6 Å². The van der Waals surface area contributed by atoms with Crippen molar-refractivity contribution in [1.82, 2.24) is 15.1 Å². The van der Waals surface area contributed by atoms with Gasteiger partial charge in [-0.25, -0.2) is 4.68 Å². The highest BCUT2D eigenvalue weighted by molar-refractivity contribution is 5.84. The molecule has 0 fully saturated rings. The molecule has 1 heterocycles. The van der Waals surface area contributed by atoms with Gasteiger partial charge >= 0.3 is 5.97 Å². The third-order valence-electron chi connectivity index (χ3n) is 3.94. The van der Waals surface area contributed by atoms with Crippen LogP contribution in [0.5, 0.6) is 0 Å². The topological polar surface area (TPSA) is 73.2 Å². The Labute approximate surface area is 154 Å². The molecule has 0 aliphatic heterocycles. The fourth-order valence-corrected chi connectivity index (χ4v) is 2.66. The number of carbonyl (C=O) groups is 2. The number of rotatable bonds is 5. The molecule has 2 aromatic rings. The van der Waals surface area contributed by atoms with Gasteiger partial charge in [0.25, 0.3) is 5.91 Å². The average Bonchev–Trinajstić information content (AvgIpc) is 2.82. The first-order valence-electron chi connectivity index (χ1n) is 8.70. The van der Waals surface area contributed by atoms with E-state index in [-0.39, 0.29) is 17.9 Å². The van der Waals surface area contributed by atoms with Gasteiger partial charge in [0, 0.05) is 16.8 Å². The second kappa shape index (κ2) is 7.72. The van der Waals surface area contributed by atoms with Crippen molar-refractivity contribution < 1.29 is 14.3 Å². The lowest BCUT2D eigenvalue weighted by Crippen LogP contribution is -2.46. The number of ether oxygens (including phenoxy) is 1. The molecule has 1 aromatic carbocycles. The summed E-state index contributed by atoms with van der Waals surface area (Å²) < 4.78 is 7.11. The lowest BCUT2D eigenvalue weighted by molar-refractivity contribution is -0.154. The van der Waals surface area contributed by atoms with E-state index < -0.39 is 12.1 Å². The molecule has 2 rings (SSSR count). The van der Waals surface area contributed by atoms with Gasteiger partial charge in [-0.15, -0.1) is 0 Å². The number of amides is 1. The SMILES string of the molecule is Cc1nn(-c2ccccc2)c(C)c1CC(=O)O[C@H](C)C(=O)NC(C)(C)C. The maximum absolute atomic E-state index is 12.3. The van der Waals surface area contributed by atoms with E-state index in [0.29, 0.717) is 0 Å². The van der Waals surface area contributed by atoms with Crippen LogP contribution in [-0.4, -0.2) is 33.3 Å². The van der Waals surface area contributed by atoms with Crippen LogP contribution in [0.2, 0.25) is 0 Å². The fourth-order valence-electron chi connectivity index (χ4n) is 2.66. The Balaban J connectivity index is 2.08. The van der Waals surface area contributed by atoms with Gasteiger partial charge in [0.05, 0.1) is 17.8 Å². The molecule has 1 N–H and O–H groups in total. The minimum Gasteiger partial charge on any atom is -0.452 e. The highest BCUT2D eigenvalue weighted by atomic mass is 16.5. The summed E-state index contributed by atoms with van der Waals surface area (Å²) in [5, 5.41) is 7.33. The minimum absolute atomic E-state index is 0.0810. The molecule has 6 nitrogen and oxygen atoms in total. The van der Waals surface area contributed by atoms with Gasteiger partial charge in [-0.2, -0.15) is 5.10 Å². The summed E-state index contributed by atoms with van der Waals surface area (Å²) in [4.78, 5) is 24.4. The molecule has 0 radical (unpaired) electrons. The van der Waals surface area contributed by atoms with Crippen LogP contribution in [-0.2, 0) is 20.7 Å². The summed E-state index contributed by atoms with van der Waals surface area (Å²) in [7, 11) is 0. The largest absolute Gasteiger partial charge is 0.452 e. The number of esters is 1. The Kier molecular flexibility index (Phi) is 5.85. The number of aromatic nitrogens is 2. The Morgan fingerprint density at radius 1 is 1.19 bits per heavy atom. The number of benzene rings is 1. The number of nitrogens with zero attached hydrogens (tertiary/aromatic N) is 2. The van der Waals surface area contributed by atoms with Gasteiger partial charge in [0.1, 0.15) is 0 Å². The molecule has 0 saturated heterocycles. The van der Waals surface area contributed by atoms with Crippen molar-refractivity contribution in [2.24, 2.45) is 0 Å². The molecule has 26 heavy (non-hydrogen) atoms. The highest BCUT2D eigenvalue weighted by Gasteiger charge is 2.24. The molecule has 0 bridgehead atoms. The van der Waals surface area contributed by atoms with Crippen LogP contribution in [0.3, 0.4) is 0 Å². The molecule has 140 valence electrons. The molecule has 1 amide bonds. The van der Waals surface area contributed by atoms with Crippen molar-refractivity contribution in [1.29, 1.82) is 0 Å². The highest BCUT2D eigenvalue weighted by Crippen LogP contribution is 2.19. The van der Waals surface area contributed by atoms with E-state index in [1.807, 2.05) is 69.6 Å². The first-order valence-corrected chi connectivity index (χ1v) is 8.70. The minimum atomic E-state index is -0.841. The van der Waals surface area contributed by atoms with Crippen LogP contribution in [0.25, 0.3) is 5.69 Å². The van der Waals surface area contributed by atoms with E-state index in [4.69, 9.17) is 4.74 Å². The number of nitrogens with one attached hydrogen (secondary N) is 1. The predicted molar refractivity (Wildman–Crippen MR) is 100 cm³/mol. The monoisotopic (exact) mass is 357 g/mol. The van der Waals surface area contributed by atoms with Crippen molar-refractivity contribution in [2.75, 3.05) is 0 Å². The van der Waals surface area contributed by atoms with Crippen LogP contribution in [0.4, 0.5) is 0 Å². The molecule has 0 spiro atoms. The number of hydrogen-bond donors (Lipinski definition) is 1. The summed E-state index contributed by atoms with van der Waals surface area (Å²) in [5.74, 6) is -0.750. The van der Waals surface area contributed by atoms with Crippen molar-refractivity contribution in [3.8, 4) is 5.69 Å². The molecular formula is C20H27N3O3. The van der Waals surface area contributed by atoms with Crippen LogP contribution in [0.1, 0.15) is 44.6 Å². The number of para-hydroxylation sites is 1. The average molecular weight is 357 g/mol. The number of carbonyl (C=O) groups excluding carboxylic acids is 2. The van der Waals surface area contributed by atoms with E-state index >= 15 is 0 Å². The normalized spacial score (nSPS) is 12.5. The summed E-state index contributed by atoms with van der Waals surface area (Å²) in [5.41, 5.74) is 3.04. The molecule has 0 aliphatic rings. The number of aryl methyl sites for hydroxylation is 1. The van der Waals surface area contributed by atoms with Crippen LogP contribution < -0.4 is 5.32 Å². The first kappa shape index (κ1) is 19.7. The zero-order valence-corrected chi connectivity index (χ0v) is 16.3. The van der Waals surface area contributed by atoms with E-state index in [2.05, 4.69) is 10.4 Å². The van der Waals surface area contributed by atoms with Crippen molar-refractivity contribution in [2.45, 2.75) is 59.6 Å². The van der Waals surface area contributed by atoms with Crippen molar-refractivity contribution in [3.63, 3.8) is 0 Å². The third kappa shape index (κ3) is 4.94. The maximum atomic E-state index is 12.3. The lowest BCUT2D eigenvalue weighted by Gasteiger charge is -2.23. The number of hydrogen-bond acceptors (Lipinski definition) is 4. The van der Waals surface area contributed by atoms with E-state index in [1.165, 1.54) is 0 Å². The van der Waals surface area contributed by atoms with Gasteiger partial charge in [-0.05, 0) is 53.7 Å². The molecule has 0 saturated carbocycles. The Morgan fingerprint density at radius 3 is 2.38 bits per heavy atom. The van der Waals surface area contributed by atoms with Crippen LogP contribution in [0.15, 0.2) is 30.3 Å². The first-order chi connectivity index (χ1) is 12.1. The van der Waals surface area contributed by atoms with Gasteiger partial charge < -0.3 is 10.1 Å². The quantitative estimate of drug-likeness (QED) is 0.835. The third-order valence-corrected chi connectivity index (χ3v) is 3.94. The summed E-state index contributed by atoms with van der Waals surface area (Å²) in [6.45, 7) is 11.0. The fraction of sp³-hybridized carbons (Fsp3) is 0.450. The standard InChI is InChI=1S/C20H27N3O3/c1-13-17(14(2)23(22-13)16-10-8-7-9-11-16)12-18(24)26-15(3)19(25)21-20(4,5)6/h7-11,15H,12H2,1-6H3,(H,21,25)/t15-/m1/s1. The Bertz CT molecular complexity index is 789. The van der Waals surface area contributed by atoms with Gasteiger partial charge in [0.2, 0.25) is 0 Å². The summed E-state index contributed by atoms with van der Waals surface area (Å²) >= 11 is 0. The second-order valence-corrected chi connectivity index (χ2v) is 7.44. The summed E-state index contributed by atoms with van der Waals surface area (Å²) in [6, 6.07) is 9.74. The van der Waals surface area contributed by atoms with Gasteiger partial charge in [0.15, 0.2) is 6.10 Å². The van der Waals surface area contributed by atoms with Crippen LogP contribution in [0, 0.1) is 13.8 Å². The Hall–Kier alpha value is -2.63. The summed E-state index contributed by atoms with van der Waals surface area (Å²) in [6.07, 6.45) is -0.760. The van der Waals surface area contributed by atoms with Crippen molar-refractivity contribution in [3.05, 3.63) is 47.3 Å². The van der Waals surface area contributed by atoms with Gasteiger partial charge in [-0.3, -0.25) is 9.59 Å². The predicted octanol–water partition coefficient (Wildman–Crippen LogP) is 2.88. The second-order valence-electron chi connectivity index (χ2n) is 7.44. The Morgan fingerprint density at radius 2 is 1.81 bits per heavy atom.